The van der Waals surface area contributed by atoms with Gasteiger partial charge in [-0.15, -0.1) is 10.2 Å². The van der Waals surface area contributed by atoms with E-state index in [1.54, 1.807) is 14.0 Å². The number of carboxylic acid groups (broad SMARTS) is 1. The Balaban J connectivity index is 2.74. The van der Waals surface area contributed by atoms with Crippen LogP contribution in [0.2, 0.25) is 0 Å². The number of benzene rings is 1. The highest BCUT2D eigenvalue weighted by molar-refractivity contribution is 5.95. The number of aromatic nitrogens is 3. The Morgan fingerprint density at radius 1 is 1.28 bits per heavy atom. The van der Waals surface area contributed by atoms with E-state index in [1.165, 1.54) is 4.57 Å². The third-order valence-electron chi connectivity index (χ3n) is 2.62. The summed E-state index contributed by atoms with van der Waals surface area (Å²) in [5.41, 5.74) is -0.367. The molecule has 0 spiro atoms. The third kappa shape index (κ3) is 1.83. The second-order valence-corrected chi connectivity index (χ2v) is 3.75. The molecule has 0 radical (unpaired) electrons. The number of halogens is 2. The molecule has 2 rings (SSSR count). The summed E-state index contributed by atoms with van der Waals surface area (Å²) in [5, 5.41) is 16.5. The number of hydrogen-bond acceptors (Lipinski definition) is 3. The molecular formula is C11H9F2N3O2. The van der Waals surface area contributed by atoms with E-state index < -0.39 is 17.6 Å². The molecular weight excluding hydrogens is 244 g/mol. The van der Waals surface area contributed by atoms with Crippen molar-refractivity contribution in [2.24, 2.45) is 7.05 Å². The molecule has 18 heavy (non-hydrogen) atoms. The summed E-state index contributed by atoms with van der Waals surface area (Å²) in [6.07, 6.45) is 0. The average Bonchev–Trinajstić information content (AvgIpc) is 2.63. The Bertz CT molecular complexity index is 637. The molecule has 1 N–H and O–H groups in total. The lowest BCUT2D eigenvalue weighted by molar-refractivity contribution is 0.0697. The van der Waals surface area contributed by atoms with Gasteiger partial charge in [0, 0.05) is 12.6 Å². The molecule has 2 aromatic rings. The van der Waals surface area contributed by atoms with Gasteiger partial charge in [-0.05, 0) is 19.1 Å². The molecule has 0 bridgehead atoms. The summed E-state index contributed by atoms with van der Waals surface area (Å²) < 4.78 is 27.8. The van der Waals surface area contributed by atoms with Gasteiger partial charge in [0.15, 0.2) is 17.5 Å². The number of rotatable bonds is 2. The molecule has 0 saturated heterocycles. The summed E-state index contributed by atoms with van der Waals surface area (Å²) in [7, 11) is 1.61. The van der Waals surface area contributed by atoms with Crippen LogP contribution in [0.15, 0.2) is 12.1 Å². The molecule has 0 atom stereocenters. The van der Waals surface area contributed by atoms with Gasteiger partial charge in [0.05, 0.1) is 5.56 Å². The highest BCUT2D eigenvalue weighted by Gasteiger charge is 2.20. The quantitative estimate of drug-likeness (QED) is 0.885. The maximum absolute atomic E-state index is 13.2. The molecule has 0 aliphatic carbocycles. The SMILES string of the molecule is Cc1nnc(-c2cc(F)c(F)cc2C(=O)O)n1C. The van der Waals surface area contributed by atoms with Gasteiger partial charge in [0.25, 0.3) is 0 Å². The van der Waals surface area contributed by atoms with Crippen molar-refractivity contribution >= 4 is 5.97 Å². The molecule has 0 unspecified atom stereocenters. The van der Waals surface area contributed by atoms with Gasteiger partial charge in [-0.3, -0.25) is 0 Å². The van der Waals surface area contributed by atoms with Crippen LogP contribution in [-0.2, 0) is 7.05 Å². The molecule has 0 aliphatic rings. The van der Waals surface area contributed by atoms with Crippen LogP contribution in [0, 0.1) is 18.6 Å². The van der Waals surface area contributed by atoms with Crippen molar-refractivity contribution < 1.29 is 18.7 Å². The predicted molar refractivity (Wildman–Crippen MR) is 58.1 cm³/mol. The molecule has 0 saturated carbocycles. The van der Waals surface area contributed by atoms with E-state index in [1.807, 2.05) is 0 Å². The van der Waals surface area contributed by atoms with Crippen molar-refractivity contribution in [2.75, 3.05) is 0 Å². The summed E-state index contributed by atoms with van der Waals surface area (Å²) in [5.74, 6) is -3.00. The van der Waals surface area contributed by atoms with Crippen molar-refractivity contribution in [3.8, 4) is 11.4 Å². The molecule has 0 aliphatic heterocycles. The zero-order valence-corrected chi connectivity index (χ0v) is 9.61. The smallest absolute Gasteiger partial charge is 0.336 e. The van der Waals surface area contributed by atoms with Gasteiger partial charge in [-0.1, -0.05) is 0 Å². The second-order valence-electron chi connectivity index (χ2n) is 3.75. The highest BCUT2D eigenvalue weighted by atomic mass is 19.2. The number of aromatic carboxylic acids is 1. The number of carboxylic acids is 1. The summed E-state index contributed by atoms with van der Waals surface area (Å²) in [4.78, 5) is 11.0. The summed E-state index contributed by atoms with van der Waals surface area (Å²) >= 11 is 0. The highest BCUT2D eigenvalue weighted by Crippen LogP contribution is 2.25. The Morgan fingerprint density at radius 3 is 2.39 bits per heavy atom. The zero-order chi connectivity index (χ0) is 13.4. The molecule has 0 amide bonds. The fourth-order valence-corrected chi connectivity index (χ4v) is 1.55. The summed E-state index contributed by atoms with van der Waals surface area (Å²) in [6.45, 7) is 1.66. The first-order valence-corrected chi connectivity index (χ1v) is 5.00. The normalized spacial score (nSPS) is 10.7. The monoisotopic (exact) mass is 253 g/mol. The van der Waals surface area contributed by atoms with Crippen molar-refractivity contribution in [1.82, 2.24) is 14.8 Å². The average molecular weight is 253 g/mol. The fourth-order valence-electron chi connectivity index (χ4n) is 1.55. The minimum atomic E-state index is -1.36. The Morgan fingerprint density at radius 2 is 1.89 bits per heavy atom. The van der Waals surface area contributed by atoms with Gasteiger partial charge < -0.3 is 9.67 Å². The predicted octanol–water partition coefficient (Wildman–Crippen LogP) is 1.77. The van der Waals surface area contributed by atoms with Crippen LogP contribution in [0.5, 0.6) is 0 Å². The summed E-state index contributed by atoms with van der Waals surface area (Å²) in [6, 6.07) is 1.44. The van der Waals surface area contributed by atoms with Crippen molar-refractivity contribution in [2.45, 2.75) is 6.92 Å². The maximum Gasteiger partial charge on any atom is 0.336 e. The lowest BCUT2D eigenvalue weighted by atomic mass is 10.1. The lowest BCUT2D eigenvalue weighted by Crippen LogP contribution is -2.05. The largest absolute Gasteiger partial charge is 0.478 e. The molecule has 0 fully saturated rings. The molecule has 7 heteroatoms. The molecule has 1 aromatic heterocycles. The van der Waals surface area contributed by atoms with E-state index in [9.17, 15) is 13.6 Å². The van der Waals surface area contributed by atoms with Gasteiger partial charge in [0.1, 0.15) is 5.82 Å². The van der Waals surface area contributed by atoms with E-state index in [4.69, 9.17) is 5.11 Å². The molecule has 94 valence electrons. The number of nitrogens with zero attached hydrogens (tertiary/aromatic N) is 3. The Kier molecular flexibility index (Phi) is 2.82. The van der Waals surface area contributed by atoms with Crippen LogP contribution >= 0.6 is 0 Å². The van der Waals surface area contributed by atoms with Crippen molar-refractivity contribution in [3.05, 3.63) is 35.2 Å². The van der Waals surface area contributed by atoms with Crippen LogP contribution in [0.3, 0.4) is 0 Å². The van der Waals surface area contributed by atoms with E-state index in [2.05, 4.69) is 10.2 Å². The zero-order valence-electron chi connectivity index (χ0n) is 9.61. The standard InChI is InChI=1S/C11H9F2N3O2/c1-5-14-15-10(16(5)2)6-3-8(12)9(13)4-7(6)11(17)18/h3-4H,1-2H3,(H,17,18). The van der Waals surface area contributed by atoms with Gasteiger partial charge in [0.2, 0.25) is 0 Å². The molecule has 1 heterocycles. The first-order valence-electron chi connectivity index (χ1n) is 5.00. The fraction of sp³-hybridized carbons (Fsp3) is 0.182. The first kappa shape index (κ1) is 12.2. The van der Waals surface area contributed by atoms with Gasteiger partial charge >= 0.3 is 5.97 Å². The topological polar surface area (TPSA) is 68.0 Å². The minimum Gasteiger partial charge on any atom is -0.478 e. The molecule has 5 nitrogen and oxygen atoms in total. The lowest BCUT2D eigenvalue weighted by Gasteiger charge is -2.06. The van der Waals surface area contributed by atoms with Gasteiger partial charge in [-0.2, -0.15) is 0 Å². The van der Waals surface area contributed by atoms with E-state index in [0.717, 1.165) is 6.07 Å². The van der Waals surface area contributed by atoms with E-state index >= 15 is 0 Å². The minimum absolute atomic E-state index is 0.00972. The Hall–Kier alpha value is -2.31. The van der Waals surface area contributed by atoms with Crippen molar-refractivity contribution in [1.29, 1.82) is 0 Å². The van der Waals surface area contributed by atoms with Gasteiger partial charge in [-0.25, -0.2) is 13.6 Å². The van der Waals surface area contributed by atoms with Crippen LogP contribution in [0.4, 0.5) is 8.78 Å². The number of carbonyl (C=O) groups is 1. The third-order valence-corrected chi connectivity index (χ3v) is 2.62. The molecule has 1 aromatic carbocycles. The van der Waals surface area contributed by atoms with Crippen LogP contribution in [0.1, 0.15) is 16.2 Å². The maximum atomic E-state index is 13.2. The van der Waals surface area contributed by atoms with Crippen LogP contribution in [0.25, 0.3) is 11.4 Å². The Labute approximate surface area is 101 Å². The number of aryl methyl sites for hydroxylation is 1. The van der Waals surface area contributed by atoms with Crippen molar-refractivity contribution in [3.63, 3.8) is 0 Å². The second kappa shape index (κ2) is 4.17. The first-order chi connectivity index (χ1) is 8.41. The van der Waals surface area contributed by atoms with E-state index in [-0.39, 0.29) is 17.0 Å². The van der Waals surface area contributed by atoms with Crippen LogP contribution < -0.4 is 0 Å². The number of hydrogen-bond donors (Lipinski definition) is 1. The van der Waals surface area contributed by atoms with Crippen LogP contribution in [-0.4, -0.2) is 25.8 Å². The van der Waals surface area contributed by atoms with E-state index in [0.29, 0.717) is 11.9 Å².